The molecule has 170 valence electrons. The number of piperidine rings is 1. The quantitative estimate of drug-likeness (QED) is 0.597. The summed E-state index contributed by atoms with van der Waals surface area (Å²) in [4.78, 5) is 16.5. The second-order valence-electron chi connectivity index (χ2n) is 9.26. The van der Waals surface area contributed by atoms with Gasteiger partial charge in [0.25, 0.3) is 0 Å². The standard InChI is InChI=1S/C26H34N4OS/c1-18-6-4-14-29(17-18)23-12-9-21(10-13-23)20(3)27-26(32)28-22-11-8-19(2)24(16-22)30-15-5-7-25(30)31/h8-13,16,18,20H,4-7,14-15,17H2,1-3H3,(H2,27,28,32). The van der Waals surface area contributed by atoms with Gasteiger partial charge in [-0.25, -0.2) is 0 Å². The van der Waals surface area contributed by atoms with Crippen LogP contribution in [0.3, 0.4) is 0 Å². The SMILES string of the molecule is Cc1ccc(NC(=S)NC(C)c2ccc(N3CCCC(C)C3)cc2)cc1N1CCCC1=O. The molecule has 6 heteroatoms. The largest absolute Gasteiger partial charge is 0.371 e. The Morgan fingerprint density at radius 1 is 1.12 bits per heavy atom. The third-order valence-corrected chi connectivity index (χ3v) is 6.81. The Balaban J connectivity index is 1.36. The van der Waals surface area contributed by atoms with E-state index in [1.54, 1.807) is 0 Å². The number of benzene rings is 2. The van der Waals surface area contributed by atoms with E-state index in [1.807, 2.05) is 30.0 Å². The van der Waals surface area contributed by atoms with Gasteiger partial charge in [-0.2, -0.15) is 0 Å². The first-order valence-electron chi connectivity index (χ1n) is 11.7. The number of hydrogen-bond donors (Lipinski definition) is 2. The van der Waals surface area contributed by atoms with Gasteiger partial charge in [-0.3, -0.25) is 4.79 Å². The number of hydrogen-bond acceptors (Lipinski definition) is 3. The van der Waals surface area contributed by atoms with Gasteiger partial charge in [0.1, 0.15) is 0 Å². The van der Waals surface area contributed by atoms with Crippen molar-refractivity contribution in [3.05, 3.63) is 53.6 Å². The first kappa shape index (κ1) is 22.6. The van der Waals surface area contributed by atoms with Gasteiger partial charge in [0.05, 0.1) is 6.04 Å². The van der Waals surface area contributed by atoms with Crippen molar-refractivity contribution in [3.63, 3.8) is 0 Å². The highest BCUT2D eigenvalue weighted by Gasteiger charge is 2.23. The summed E-state index contributed by atoms with van der Waals surface area (Å²) in [5.74, 6) is 0.959. The number of nitrogens with one attached hydrogen (secondary N) is 2. The molecule has 0 aromatic heterocycles. The Morgan fingerprint density at radius 2 is 1.91 bits per heavy atom. The Morgan fingerprint density at radius 3 is 2.59 bits per heavy atom. The minimum absolute atomic E-state index is 0.0920. The van der Waals surface area contributed by atoms with Crippen LogP contribution in [-0.2, 0) is 4.79 Å². The van der Waals surface area contributed by atoms with Crippen LogP contribution in [-0.4, -0.2) is 30.7 Å². The first-order chi connectivity index (χ1) is 15.4. The smallest absolute Gasteiger partial charge is 0.227 e. The average molecular weight is 451 g/mol. The second kappa shape index (κ2) is 9.90. The molecule has 1 amide bonds. The van der Waals surface area contributed by atoms with Gasteiger partial charge in [0, 0.05) is 43.1 Å². The number of aryl methyl sites for hydroxylation is 1. The van der Waals surface area contributed by atoms with Crippen LogP contribution in [0.2, 0.25) is 0 Å². The van der Waals surface area contributed by atoms with Gasteiger partial charge < -0.3 is 20.4 Å². The molecule has 0 aliphatic carbocycles. The zero-order valence-corrected chi connectivity index (χ0v) is 20.2. The Hall–Kier alpha value is -2.60. The fourth-order valence-electron chi connectivity index (χ4n) is 4.73. The van der Waals surface area contributed by atoms with Gasteiger partial charge in [0.2, 0.25) is 5.91 Å². The van der Waals surface area contributed by atoms with Crippen LogP contribution < -0.4 is 20.4 Å². The van der Waals surface area contributed by atoms with Crippen molar-refractivity contribution >= 4 is 40.3 Å². The van der Waals surface area contributed by atoms with Crippen molar-refractivity contribution in [2.24, 2.45) is 5.92 Å². The minimum Gasteiger partial charge on any atom is -0.371 e. The first-order valence-corrected chi connectivity index (χ1v) is 12.1. The van der Waals surface area contributed by atoms with Crippen LogP contribution in [0.1, 0.15) is 56.7 Å². The molecule has 2 N–H and O–H groups in total. The predicted molar refractivity (Wildman–Crippen MR) is 138 cm³/mol. The third kappa shape index (κ3) is 5.23. The molecule has 2 saturated heterocycles. The molecule has 2 unspecified atom stereocenters. The molecule has 2 aliphatic heterocycles. The number of thiocarbonyl (C=S) groups is 1. The van der Waals surface area contributed by atoms with E-state index in [2.05, 4.69) is 53.6 Å². The number of carbonyl (C=O) groups is 1. The molecule has 2 heterocycles. The van der Waals surface area contributed by atoms with Crippen LogP contribution in [0.5, 0.6) is 0 Å². The molecule has 2 aliphatic rings. The number of amides is 1. The van der Waals surface area contributed by atoms with Gasteiger partial charge in [0.15, 0.2) is 5.11 Å². The predicted octanol–water partition coefficient (Wildman–Crippen LogP) is 5.41. The maximum absolute atomic E-state index is 12.2. The van der Waals surface area contributed by atoms with E-state index in [0.29, 0.717) is 11.5 Å². The minimum atomic E-state index is 0.0920. The molecular formula is C26H34N4OS. The highest BCUT2D eigenvalue weighted by atomic mass is 32.1. The summed E-state index contributed by atoms with van der Waals surface area (Å²) >= 11 is 5.58. The molecule has 2 atom stereocenters. The Bertz CT molecular complexity index is 974. The molecule has 5 nitrogen and oxygen atoms in total. The fraction of sp³-hybridized carbons (Fsp3) is 0.462. The zero-order valence-electron chi connectivity index (χ0n) is 19.4. The molecule has 0 saturated carbocycles. The van der Waals surface area contributed by atoms with Crippen molar-refractivity contribution in [2.45, 2.75) is 52.5 Å². The van der Waals surface area contributed by atoms with Crippen LogP contribution in [0.4, 0.5) is 17.1 Å². The topological polar surface area (TPSA) is 47.6 Å². The summed E-state index contributed by atoms with van der Waals surface area (Å²) in [6, 6.07) is 15.0. The lowest BCUT2D eigenvalue weighted by Gasteiger charge is -2.33. The zero-order chi connectivity index (χ0) is 22.7. The molecule has 2 aromatic rings. The number of nitrogens with zero attached hydrogens (tertiary/aromatic N) is 2. The summed E-state index contributed by atoms with van der Waals surface area (Å²) in [5, 5.41) is 7.26. The van der Waals surface area contributed by atoms with Gasteiger partial charge in [-0.1, -0.05) is 25.1 Å². The monoisotopic (exact) mass is 450 g/mol. The summed E-state index contributed by atoms with van der Waals surface area (Å²) in [5.41, 5.74) is 5.47. The lowest BCUT2D eigenvalue weighted by atomic mass is 9.99. The Labute approximate surface area is 197 Å². The molecule has 0 bridgehead atoms. The number of anilines is 3. The summed E-state index contributed by atoms with van der Waals surface area (Å²) < 4.78 is 0. The highest BCUT2D eigenvalue weighted by molar-refractivity contribution is 7.80. The van der Waals surface area contributed by atoms with E-state index < -0.39 is 0 Å². The summed E-state index contributed by atoms with van der Waals surface area (Å²) in [6.07, 6.45) is 4.15. The van der Waals surface area contributed by atoms with Crippen LogP contribution in [0.25, 0.3) is 0 Å². The second-order valence-corrected chi connectivity index (χ2v) is 9.66. The van der Waals surface area contributed by atoms with Gasteiger partial charge in [-0.05, 0) is 86.6 Å². The van der Waals surface area contributed by atoms with Crippen molar-refractivity contribution in [1.82, 2.24) is 5.32 Å². The van der Waals surface area contributed by atoms with Crippen LogP contribution >= 0.6 is 12.2 Å². The lowest BCUT2D eigenvalue weighted by Crippen LogP contribution is -2.34. The summed E-state index contributed by atoms with van der Waals surface area (Å²) in [7, 11) is 0. The number of carbonyl (C=O) groups excluding carboxylic acids is 1. The van der Waals surface area contributed by atoms with Crippen molar-refractivity contribution in [3.8, 4) is 0 Å². The number of rotatable bonds is 5. The molecule has 0 radical (unpaired) electrons. The lowest BCUT2D eigenvalue weighted by molar-refractivity contribution is -0.117. The fourth-order valence-corrected chi connectivity index (χ4v) is 5.02. The van der Waals surface area contributed by atoms with E-state index >= 15 is 0 Å². The average Bonchev–Trinajstić information content (AvgIpc) is 3.20. The third-order valence-electron chi connectivity index (χ3n) is 6.59. The normalized spacial score (nSPS) is 19.7. The van der Waals surface area contributed by atoms with Gasteiger partial charge in [-0.15, -0.1) is 0 Å². The molecular weight excluding hydrogens is 416 g/mol. The van der Waals surface area contributed by atoms with E-state index in [4.69, 9.17) is 12.2 Å². The molecule has 2 aromatic carbocycles. The summed E-state index contributed by atoms with van der Waals surface area (Å²) in [6.45, 7) is 9.57. The molecule has 4 rings (SSSR count). The van der Waals surface area contributed by atoms with Gasteiger partial charge >= 0.3 is 0 Å². The van der Waals surface area contributed by atoms with E-state index in [0.717, 1.165) is 48.9 Å². The van der Waals surface area contributed by atoms with Crippen molar-refractivity contribution in [1.29, 1.82) is 0 Å². The van der Waals surface area contributed by atoms with E-state index in [-0.39, 0.29) is 11.9 Å². The Kier molecular flexibility index (Phi) is 6.99. The van der Waals surface area contributed by atoms with E-state index in [9.17, 15) is 4.79 Å². The van der Waals surface area contributed by atoms with E-state index in [1.165, 1.54) is 24.1 Å². The van der Waals surface area contributed by atoms with Crippen LogP contribution in [0, 0.1) is 12.8 Å². The molecule has 0 spiro atoms. The van der Waals surface area contributed by atoms with Crippen molar-refractivity contribution < 1.29 is 4.79 Å². The molecule has 2 fully saturated rings. The van der Waals surface area contributed by atoms with Crippen molar-refractivity contribution in [2.75, 3.05) is 34.8 Å². The maximum atomic E-state index is 12.2. The van der Waals surface area contributed by atoms with Crippen LogP contribution in [0.15, 0.2) is 42.5 Å². The molecule has 32 heavy (non-hydrogen) atoms. The highest BCUT2D eigenvalue weighted by Crippen LogP contribution is 2.28. The maximum Gasteiger partial charge on any atom is 0.227 e.